The second kappa shape index (κ2) is 5.79. The molecule has 1 aromatic heterocycles. The maximum atomic E-state index is 3.72. The normalized spacial score (nSPS) is 13.3. The largest absolute Gasteiger partial charge is 0.377 e. The van der Waals surface area contributed by atoms with Crippen molar-refractivity contribution < 1.29 is 0 Å². The SMILES string of the molecule is CCC(Nc1ccccc1C(C)(C)C)c1cccs1. The van der Waals surface area contributed by atoms with E-state index in [4.69, 9.17) is 0 Å². The van der Waals surface area contributed by atoms with Crippen molar-refractivity contribution >= 4 is 17.0 Å². The Morgan fingerprint density at radius 2 is 1.84 bits per heavy atom. The molecule has 0 aliphatic heterocycles. The summed E-state index contributed by atoms with van der Waals surface area (Å²) in [6.45, 7) is 9.02. The molecule has 0 saturated heterocycles. The van der Waals surface area contributed by atoms with Crippen molar-refractivity contribution in [3.05, 3.63) is 52.2 Å². The Labute approximate surface area is 120 Å². The number of hydrogen-bond acceptors (Lipinski definition) is 2. The average Bonchev–Trinajstić information content (AvgIpc) is 2.89. The molecule has 1 N–H and O–H groups in total. The summed E-state index contributed by atoms with van der Waals surface area (Å²) in [5.41, 5.74) is 2.80. The van der Waals surface area contributed by atoms with Crippen molar-refractivity contribution in [2.75, 3.05) is 5.32 Å². The second-order valence-corrected chi connectivity index (χ2v) is 6.90. The Balaban J connectivity index is 2.28. The molecule has 0 fully saturated rings. The van der Waals surface area contributed by atoms with Crippen molar-refractivity contribution in [1.82, 2.24) is 0 Å². The molecule has 2 aromatic rings. The Hall–Kier alpha value is -1.28. The van der Waals surface area contributed by atoms with E-state index in [2.05, 4.69) is 74.8 Å². The first-order chi connectivity index (χ1) is 9.02. The van der Waals surface area contributed by atoms with Crippen LogP contribution in [0.1, 0.15) is 50.6 Å². The molecule has 2 heteroatoms. The van der Waals surface area contributed by atoms with Crippen LogP contribution in [0.3, 0.4) is 0 Å². The lowest BCUT2D eigenvalue weighted by Crippen LogP contribution is -2.17. The van der Waals surface area contributed by atoms with Crippen molar-refractivity contribution in [2.24, 2.45) is 0 Å². The van der Waals surface area contributed by atoms with Crippen molar-refractivity contribution in [1.29, 1.82) is 0 Å². The predicted octanol–water partition coefficient (Wildman–Crippen LogP) is 5.61. The number of benzene rings is 1. The molecular weight excluding hydrogens is 250 g/mol. The summed E-state index contributed by atoms with van der Waals surface area (Å²) >= 11 is 1.83. The molecule has 2 rings (SSSR count). The van der Waals surface area contributed by atoms with E-state index in [1.807, 2.05) is 11.3 Å². The predicted molar refractivity (Wildman–Crippen MR) is 86.1 cm³/mol. The van der Waals surface area contributed by atoms with E-state index in [1.54, 1.807) is 0 Å². The minimum atomic E-state index is 0.164. The molecular formula is C17H23NS. The Bertz CT molecular complexity index is 508. The molecule has 1 aromatic carbocycles. The molecule has 0 radical (unpaired) electrons. The first-order valence-electron chi connectivity index (χ1n) is 6.92. The van der Waals surface area contributed by atoms with Crippen LogP contribution in [0.2, 0.25) is 0 Å². The third-order valence-electron chi connectivity index (χ3n) is 3.36. The van der Waals surface area contributed by atoms with Gasteiger partial charge in [-0.1, -0.05) is 52.0 Å². The van der Waals surface area contributed by atoms with Crippen molar-refractivity contribution in [3.63, 3.8) is 0 Å². The number of rotatable bonds is 4. The van der Waals surface area contributed by atoms with Crippen LogP contribution in [-0.4, -0.2) is 0 Å². The fourth-order valence-corrected chi connectivity index (χ4v) is 3.18. The Morgan fingerprint density at radius 1 is 1.11 bits per heavy atom. The van der Waals surface area contributed by atoms with Crippen LogP contribution in [0.15, 0.2) is 41.8 Å². The standard InChI is InChI=1S/C17H23NS/c1-5-14(16-11-8-12-19-16)18-15-10-7-6-9-13(15)17(2,3)4/h6-12,14,18H,5H2,1-4H3. The minimum absolute atomic E-state index is 0.164. The maximum Gasteiger partial charge on any atom is 0.0604 e. The molecule has 1 heterocycles. The molecule has 19 heavy (non-hydrogen) atoms. The quantitative estimate of drug-likeness (QED) is 0.763. The zero-order valence-corrected chi connectivity index (χ0v) is 13.1. The third kappa shape index (κ3) is 3.38. The summed E-state index contributed by atoms with van der Waals surface area (Å²) in [7, 11) is 0. The number of para-hydroxylation sites is 1. The van der Waals surface area contributed by atoms with Gasteiger partial charge >= 0.3 is 0 Å². The fraction of sp³-hybridized carbons (Fsp3) is 0.412. The van der Waals surface area contributed by atoms with Gasteiger partial charge in [-0.3, -0.25) is 0 Å². The molecule has 0 saturated carbocycles. The molecule has 1 unspecified atom stereocenters. The molecule has 0 aliphatic carbocycles. The molecule has 0 bridgehead atoms. The summed E-state index contributed by atoms with van der Waals surface area (Å²) in [4.78, 5) is 1.41. The van der Waals surface area contributed by atoms with E-state index >= 15 is 0 Å². The summed E-state index contributed by atoms with van der Waals surface area (Å²) in [5, 5.41) is 5.86. The topological polar surface area (TPSA) is 12.0 Å². The molecule has 1 nitrogen and oxygen atoms in total. The first-order valence-corrected chi connectivity index (χ1v) is 7.79. The zero-order chi connectivity index (χ0) is 13.9. The highest BCUT2D eigenvalue weighted by atomic mass is 32.1. The van der Waals surface area contributed by atoms with Gasteiger partial charge in [0, 0.05) is 10.6 Å². The van der Waals surface area contributed by atoms with Gasteiger partial charge in [-0.15, -0.1) is 11.3 Å². The lowest BCUT2D eigenvalue weighted by atomic mass is 9.85. The van der Waals surface area contributed by atoms with Gasteiger partial charge in [-0.2, -0.15) is 0 Å². The smallest absolute Gasteiger partial charge is 0.0604 e. The Morgan fingerprint density at radius 3 is 2.42 bits per heavy atom. The van der Waals surface area contributed by atoms with Crippen LogP contribution >= 0.6 is 11.3 Å². The lowest BCUT2D eigenvalue weighted by molar-refractivity contribution is 0.590. The van der Waals surface area contributed by atoms with E-state index in [-0.39, 0.29) is 5.41 Å². The molecule has 102 valence electrons. The molecule has 0 spiro atoms. The average molecular weight is 273 g/mol. The summed E-state index contributed by atoms with van der Waals surface area (Å²) < 4.78 is 0. The number of hydrogen-bond donors (Lipinski definition) is 1. The molecule has 1 atom stereocenters. The number of anilines is 1. The first kappa shape index (κ1) is 14.1. The third-order valence-corrected chi connectivity index (χ3v) is 4.35. The van der Waals surface area contributed by atoms with E-state index in [1.165, 1.54) is 16.1 Å². The summed E-state index contributed by atoms with van der Waals surface area (Å²) in [5.74, 6) is 0. The Kier molecular flexibility index (Phi) is 4.31. The van der Waals surface area contributed by atoms with Gasteiger partial charge in [0.15, 0.2) is 0 Å². The lowest BCUT2D eigenvalue weighted by Gasteiger charge is -2.26. The van der Waals surface area contributed by atoms with Gasteiger partial charge in [0.1, 0.15) is 0 Å². The van der Waals surface area contributed by atoms with Crippen molar-refractivity contribution in [3.8, 4) is 0 Å². The van der Waals surface area contributed by atoms with Gasteiger partial charge in [0.2, 0.25) is 0 Å². The van der Waals surface area contributed by atoms with Crippen molar-refractivity contribution in [2.45, 2.75) is 45.6 Å². The highest BCUT2D eigenvalue weighted by Crippen LogP contribution is 2.33. The minimum Gasteiger partial charge on any atom is -0.377 e. The van der Waals surface area contributed by atoms with E-state index in [9.17, 15) is 0 Å². The van der Waals surface area contributed by atoms with Crippen LogP contribution < -0.4 is 5.32 Å². The highest BCUT2D eigenvalue weighted by Gasteiger charge is 2.19. The van der Waals surface area contributed by atoms with Gasteiger partial charge in [-0.25, -0.2) is 0 Å². The van der Waals surface area contributed by atoms with Crippen LogP contribution in [0.5, 0.6) is 0 Å². The van der Waals surface area contributed by atoms with E-state index in [0.717, 1.165) is 6.42 Å². The zero-order valence-electron chi connectivity index (χ0n) is 12.2. The molecule has 0 aliphatic rings. The van der Waals surface area contributed by atoms with Gasteiger partial charge in [-0.05, 0) is 34.9 Å². The number of thiophene rings is 1. The van der Waals surface area contributed by atoms with E-state index in [0.29, 0.717) is 6.04 Å². The van der Waals surface area contributed by atoms with Crippen LogP contribution in [0.4, 0.5) is 5.69 Å². The van der Waals surface area contributed by atoms with E-state index < -0.39 is 0 Å². The number of nitrogens with one attached hydrogen (secondary N) is 1. The van der Waals surface area contributed by atoms with Crippen LogP contribution in [0.25, 0.3) is 0 Å². The summed E-state index contributed by atoms with van der Waals surface area (Å²) in [6.07, 6.45) is 1.10. The summed E-state index contributed by atoms with van der Waals surface area (Å²) in [6, 6.07) is 13.4. The highest BCUT2D eigenvalue weighted by molar-refractivity contribution is 7.10. The molecule has 0 amide bonds. The second-order valence-electron chi connectivity index (χ2n) is 5.92. The van der Waals surface area contributed by atoms with Gasteiger partial charge in [0.05, 0.1) is 6.04 Å². The maximum absolute atomic E-state index is 3.72. The van der Waals surface area contributed by atoms with Crippen LogP contribution in [-0.2, 0) is 5.41 Å². The fourth-order valence-electron chi connectivity index (χ4n) is 2.31. The van der Waals surface area contributed by atoms with Gasteiger partial charge in [0.25, 0.3) is 0 Å². The monoisotopic (exact) mass is 273 g/mol. The van der Waals surface area contributed by atoms with Gasteiger partial charge < -0.3 is 5.32 Å². The van der Waals surface area contributed by atoms with Crippen LogP contribution in [0, 0.1) is 0 Å².